The molecule has 0 unspecified atom stereocenters. The van der Waals surface area contributed by atoms with E-state index in [1.807, 2.05) is 16.8 Å². The average Bonchev–Trinajstić information content (AvgIpc) is 3.39. The number of hydrogen-bond donors (Lipinski definition) is 1. The molecule has 2 aromatic heterocycles. The molecule has 174 valence electrons. The van der Waals surface area contributed by atoms with Crippen LogP contribution in [0.5, 0.6) is 0 Å². The van der Waals surface area contributed by atoms with E-state index in [1.165, 1.54) is 13.0 Å². The monoisotopic (exact) mass is 453 g/mol. The normalized spacial score (nSPS) is 15.5. The second kappa shape index (κ2) is 10.1. The number of rotatable bonds is 5. The van der Waals surface area contributed by atoms with Crippen molar-refractivity contribution in [3.8, 4) is 5.95 Å². The maximum Gasteiger partial charge on any atom is 0.490 e. The Morgan fingerprint density at radius 1 is 1.22 bits per heavy atom. The van der Waals surface area contributed by atoms with Gasteiger partial charge in [0.05, 0.1) is 11.2 Å². The SMILES string of the molecule is CCCN1CCC(c2nc(-n3nc(CC)c4ccccc43)no2)CC1.O=C(O)C(F)(F)F. The summed E-state index contributed by atoms with van der Waals surface area (Å²) >= 11 is 0. The Kier molecular flexibility index (Phi) is 7.49. The fourth-order valence-electron chi connectivity index (χ4n) is 3.74. The van der Waals surface area contributed by atoms with E-state index in [0.29, 0.717) is 11.9 Å². The minimum Gasteiger partial charge on any atom is -0.475 e. The summed E-state index contributed by atoms with van der Waals surface area (Å²) in [5.41, 5.74) is 2.10. The molecule has 0 atom stereocenters. The third-order valence-corrected chi connectivity index (χ3v) is 5.34. The molecule has 1 saturated heterocycles. The highest BCUT2D eigenvalue weighted by molar-refractivity contribution is 5.83. The predicted molar refractivity (Wildman–Crippen MR) is 111 cm³/mol. The second-order valence-corrected chi connectivity index (χ2v) is 7.58. The van der Waals surface area contributed by atoms with E-state index in [-0.39, 0.29) is 0 Å². The number of aliphatic carboxylic acids is 1. The van der Waals surface area contributed by atoms with Gasteiger partial charge in [-0.15, -0.1) is 0 Å². The Morgan fingerprint density at radius 2 is 1.88 bits per heavy atom. The molecule has 1 N–H and O–H groups in total. The van der Waals surface area contributed by atoms with Gasteiger partial charge < -0.3 is 14.5 Å². The van der Waals surface area contributed by atoms with E-state index in [1.54, 1.807) is 0 Å². The first-order valence-electron chi connectivity index (χ1n) is 10.6. The van der Waals surface area contributed by atoms with Gasteiger partial charge in [0, 0.05) is 11.3 Å². The summed E-state index contributed by atoms with van der Waals surface area (Å²) in [4.78, 5) is 16.1. The van der Waals surface area contributed by atoms with Gasteiger partial charge >= 0.3 is 12.1 Å². The lowest BCUT2D eigenvalue weighted by Crippen LogP contribution is -2.33. The zero-order valence-corrected chi connectivity index (χ0v) is 18.0. The van der Waals surface area contributed by atoms with Crippen molar-refractivity contribution in [2.75, 3.05) is 19.6 Å². The van der Waals surface area contributed by atoms with Crippen molar-refractivity contribution in [2.24, 2.45) is 0 Å². The third-order valence-electron chi connectivity index (χ3n) is 5.34. The highest BCUT2D eigenvalue weighted by Crippen LogP contribution is 2.28. The molecule has 8 nitrogen and oxygen atoms in total. The van der Waals surface area contributed by atoms with Crippen molar-refractivity contribution < 1.29 is 27.6 Å². The number of carboxylic acid groups (broad SMARTS) is 1. The summed E-state index contributed by atoms with van der Waals surface area (Å²) in [5, 5.41) is 17.2. The highest BCUT2D eigenvalue weighted by Gasteiger charge is 2.38. The highest BCUT2D eigenvalue weighted by atomic mass is 19.4. The van der Waals surface area contributed by atoms with Crippen molar-refractivity contribution in [1.29, 1.82) is 0 Å². The molecule has 0 bridgehead atoms. The zero-order chi connectivity index (χ0) is 23.3. The number of piperidine rings is 1. The van der Waals surface area contributed by atoms with Gasteiger partial charge in [0.2, 0.25) is 5.89 Å². The fourth-order valence-corrected chi connectivity index (χ4v) is 3.74. The Bertz CT molecular complexity index is 1040. The number of carboxylic acids is 1. The summed E-state index contributed by atoms with van der Waals surface area (Å²) in [5.74, 6) is -1.10. The van der Waals surface area contributed by atoms with Gasteiger partial charge in [-0.25, -0.2) is 4.79 Å². The molecule has 1 aliphatic heterocycles. The van der Waals surface area contributed by atoms with Crippen molar-refractivity contribution in [1.82, 2.24) is 24.8 Å². The topological polar surface area (TPSA) is 97.3 Å². The maximum absolute atomic E-state index is 10.6. The molecule has 32 heavy (non-hydrogen) atoms. The van der Waals surface area contributed by atoms with E-state index in [4.69, 9.17) is 19.5 Å². The van der Waals surface area contributed by atoms with Crippen molar-refractivity contribution in [3.63, 3.8) is 0 Å². The molecule has 0 radical (unpaired) electrons. The summed E-state index contributed by atoms with van der Waals surface area (Å²) in [6.45, 7) is 7.75. The molecule has 4 rings (SSSR count). The lowest BCUT2D eigenvalue weighted by atomic mass is 9.97. The van der Waals surface area contributed by atoms with Gasteiger partial charge in [-0.1, -0.05) is 32.0 Å². The first-order chi connectivity index (χ1) is 15.2. The van der Waals surface area contributed by atoms with Crippen LogP contribution in [-0.2, 0) is 11.2 Å². The van der Waals surface area contributed by atoms with Crippen molar-refractivity contribution >= 4 is 16.9 Å². The summed E-state index contributed by atoms with van der Waals surface area (Å²) in [6.07, 6.45) is -0.820. The largest absolute Gasteiger partial charge is 0.490 e. The predicted octanol–water partition coefficient (Wildman–Crippen LogP) is 4.19. The van der Waals surface area contributed by atoms with Gasteiger partial charge in [-0.2, -0.15) is 27.9 Å². The Labute approximate surface area is 183 Å². The zero-order valence-electron chi connectivity index (χ0n) is 18.0. The molecule has 1 aliphatic rings. The smallest absolute Gasteiger partial charge is 0.475 e. The third kappa shape index (κ3) is 5.45. The number of nitrogens with zero attached hydrogens (tertiary/aromatic N) is 5. The summed E-state index contributed by atoms with van der Waals surface area (Å²) < 4.78 is 39.2. The van der Waals surface area contributed by atoms with Crippen molar-refractivity contribution in [3.05, 3.63) is 35.9 Å². The van der Waals surface area contributed by atoms with Crippen LogP contribution >= 0.6 is 0 Å². The van der Waals surface area contributed by atoms with Crippen molar-refractivity contribution in [2.45, 2.75) is 51.6 Å². The number of aryl methyl sites for hydroxylation is 1. The first-order valence-corrected chi connectivity index (χ1v) is 10.6. The van der Waals surface area contributed by atoms with Crippen LogP contribution in [0.4, 0.5) is 13.2 Å². The molecule has 1 aromatic carbocycles. The van der Waals surface area contributed by atoms with Crippen LogP contribution in [-0.4, -0.2) is 61.7 Å². The Morgan fingerprint density at radius 3 is 2.47 bits per heavy atom. The summed E-state index contributed by atoms with van der Waals surface area (Å²) in [7, 11) is 0. The first kappa shape index (κ1) is 23.7. The lowest BCUT2D eigenvalue weighted by Gasteiger charge is -2.29. The average molecular weight is 453 g/mol. The quantitative estimate of drug-likeness (QED) is 0.619. The van der Waals surface area contributed by atoms with Crippen LogP contribution in [0.25, 0.3) is 16.9 Å². The molecular formula is C21H26F3N5O3. The standard InChI is InChI=1S/C19H25N5O.C2HF3O2/c1-3-11-23-12-9-14(10-13-23)18-20-19(22-25-18)24-17-8-6-5-7-15(17)16(4-2)21-24;3-2(4,5)1(6)7/h5-8,14H,3-4,9-13H2,1-2H3;(H,6,7). The number of likely N-dealkylation sites (tertiary alicyclic amines) is 1. The Balaban J connectivity index is 0.000000360. The Hall–Kier alpha value is -2.95. The van der Waals surface area contributed by atoms with Crippen LogP contribution in [0, 0.1) is 0 Å². The molecular weight excluding hydrogens is 427 g/mol. The van der Waals surface area contributed by atoms with Gasteiger partial charge in [0.15, 0.2) is 0 Å². The lowest BCUT2D eigenvalue weighted by molar-refractivity contribution is -0.192. The maximum atomic E-state index is 10.6. The van der Waals surface area contributed by atoms with Gasteiger partial charge in [0.1, 0.15) is 0 Å². The van der Waals surface area contributed by atoms with Gasteiger partial charge in [-0.05, 0) is 56.5 Å². The summed E-state index contributed by atoms with van der Waals surface area (Å²) in [6, 6.07) is 8.21. The fraction of sp³-hybridized carbons (Fsp3) is 0.524. The number of benzene rings is 1. The molecule has 0 spiro atoms. The number of halogens is 3. The van der Waals surface area contributed by atoms with Gasteiger partial charge in [0.25, 0.3) is 5.95 Å². The van der Waals surface area contributed by atoms with Crippen LogP contribution in [0.15, 0.2) is 28.8 Å². The van der Waals surface area contributed by atoms with Crippen LogP contribution in [0.3, 0.4) is 0 Å². The molecule has 3 heterocycles. The number of para-hydroxylation sites is 1. The van der Waals surface area contributed by atoms with Crippen LogP contribution < -0.4 is 0 Å². The molecule has 0 saturated carbocycles. The molecule has 0 aliphatic carbocycles. The molecule has 3 aromatic rings. The van der Waals surface area contributed by atoms with Crippen LogP contribution in [0.2, 0.25) is 0 Å². The van der Waals surface area contributed by atoms with E-state index in [0.717, 1.165) is 54.8 Å². The molecule has 11 heteroatoms. The number of hydrogen-bond acceptors (Lipinski definition) is 6. The number of fused-ring (bicyclic) bond motifs is 1. The molecule has 0 amide bonds. The van der Waals surface area contributed by atoms with E-state index < -0.39 is 12.1 Å². The minimum absolute atomic E-state index is 0.363. The van der Waals surface area contributed by atoms with E-state index in [9.17, 15) is 13.2 Å². The number of alkyl halides is 3. The van der Waals surface area contributed by atoms with E-state index in [2.05, 4.69) is 41.0 Å². The second-order valence-electron chi connectivity index (χ2n) is 7.58. The molecule has 1 fully saturated rings. The van der Waals surface area contributed by atoms with Gasteiger partial charge in [-0.3, -0.25) is 0 Å². The van der Waals surface area contributed by atoms with E-state index >= 15 is 0 Å². The minimum atomic E-state index is -5.08. The number of aromatic nitrogens is 4. The van der Waals surface area contributed by atoms with Crippen LogP contribution in [0.1, 0.15) is 50.6 Å². The number of carbonyl (C=O) groups is 1.